The standard InChI is InChI=1S/C22H28N2O3/c1-13-21(26)24-18-9-17(2-3-19(18)27-13)23-5-4-20(25)22-10-14-6-15(11-22)8-16(7-14)12-22/h2-3,9,13-16,23H,4-8,10-12H2,1H3,(H,24,26)/t13-,14?,15?,16?,22?/m0/s1. The van der Waals surface area contributed by atoms with Crippen LogP contribution in [0.5, 0.6) is 5.75 Å². The van der Waals surface area contributed by atoms with E-state index in [4.69, 9.17) is 4.74 Å². The van der Waals surface area contributed by atoms with Gasteiger partial charge < -0.3 is 15.4 Å². The summed E-state index contributed by atoms with van der Waals surface area (Å²) in [6.45, 7) is 2.38. The molecule has 1 aromatic carbocycles. The largest absolute Gasteiger partial charge is 0.479 e. The molecule has 2 N–H and O–H groups in total. The van der Waals surface area contributed by atoms with Gasteiger partial charge in [0.25, 0.3) is 5.91 Å². The van der Waals surface area contributed by atoms with Crippen molar-refractivity contribution in [1.29, 1.82) is 0 Å². The number of nitrogens with one attached hydrogen (secondary N) is 2. The summed E-state index contributed by atoms with van der Waals surface area (Å²) in [5.41, 5.74) is 1.59. The quantitative estimate of drug-likeness (QED) is 0.824. The first-order chi connectivity index (χ1) is 13.0. The molecular weight excluding hydrogens is 340 g/mol. The van der Waals surface area contributed by atoms with Crippen LogP contribution in [-0.4, -0.2) is 24.3 Å². The number of ether oxygens (including phenoxy) is 1. The van der Waals surface area contributed by atoms with Crippen molar-refractivity contribution in [2.45, 2.75) is 58.0 Å². The highest BCUT2D eigenvalue weighted by Gasteiger charge is 2.53. The second kappa shape index (κ2) is 6.25. The van der Waals surface area contributed by atoms with Crippen molar-refractivity contribution < 1.29 is 14.3 Å². The molecule has 4 saturated carbocycles. The lowest BCUT2D eigenvalue weighted by Crippen LogP contribution is -2.50. The van der Waals surface area contributed by atoms with Gasteiger partial charge in [0, 0.05) is 24.1 Å². The lowest BCUT2D eigenvalue weighted by molar-refractivity contribution is -0.143. The third-order valence-electron chi connectivity index (χ3n) is 7.22. The van der Waals surface area contributed by atoms with E-state index in [0.717, 1.165) is 42.7 Å². The van der Waals surface area contributed by atoms with Gasteiger partial charge in [-0.3, -0.25) is 9.59 Å². The van der Waals surface area contributed by atoms with Crippen LogP contribution >= 0.6 is 0 Å². The topological polar surface area (TPSA) is 67.4 Å². The summed E-state index contributed by atoms with van der Waals surface area (Å²) in [5.74, 6) is 3.45. The molecule has 4 fully saturated rings. The van der Waals surface area contributed by atoms with E-state index in [9.17, 15) is 9.59 Å². The highest BCUT2D eigenvalue weighted by Crippen LogP contribution is 2.60. The third kappa shape index (κ3) is 3.01. The summed E-state index contributed by atoms with van der Waals surface area (Å²) in [6.07, 6.45) is 7.64. The van der Waals surface area contributed by atoms with Crippen molar-refractivity contribution in [3.05, 3.63) is 18.2 Å². The van der Waals surface area contributed by atoms with Crippen molar-refractivity contribution in [1.82, 2.24) is 0 Å². The molecule has 5 aliphatic rings. The average molecular weight is 368 g/mol. The molecule has 0 saturated heterocycles. The van der Waals surface area contributed by atoms with E-state index in [2.05, 4.69) is 10.6 Å². The molecule has 1 aromatic rings. The smallest absolute Gasteiger partial charge is 0.265 e. The van der Waals surface area contributed by atoms with Gasteiger partial charge in [-0.2, -0.15) is 0 Å². The van der Waals surface area contributed by atoms with Crippen molar-refractivity contribution in [2.24, 2.45) is 23.2 Å². The molecule has 1 amide bonds. The Morgan fingerprint density at radius 3 is 2.52 bits per heavy atom. The maximum absolute atomic E-state index is 13.1. The fourth-order valence-corrected chi connectivity index (χ4v) is 6.36. The van der Waals surface area contributed by atoms with Gasteiger partial charge in [0.15, 0.2) is 6.10 Å². The molecule has 0 radical (unpaired) electrons. The molecule has 0 aromatic heterocycles. The maximum atomic E-state index is 13.1. The first-order valence-corrected chi connectivity index (χ1v) is 10.4. The summed E-state index contributed by atoms with van der Waals surface area (Å²) in [5, 5.41) is 6.22. The SMILES string of the molecule is C[C@@H]1Oc2ccc(NCCC(=O)C34CC5CC(CC(C5)C3)C4)cc2NC1=O. The molecule has 5 heteroatoms. The predicted octanol–water partition coefficient (Wildman–Crippen LogP) is 3.99. The Bertz CT molecular complexity index is 752. The Labute approximate surface area is 160 Å². The van der Waals surface area contributed by atoms with Crippen LogP contribution in [0.15, 0.2) is 18.2 Å². The van der Waals surface area contributed by atoms with Crippen LogP contribution in [0, 0.1) is 23.2 Å². The molecule has 1 heterocycles. The van der Waals surface area contributed by atoms with Crippen molar-refractivity contribution in [2.75, 3.05) is 17.2 Å². The van der Waals surface area contributed by atoms with E-state index in [0.29, 0.717) is 30.2 Å². The average Bonchev–Trinajstić information content (AvgIpc) is 2.61. The Hall–Kier alpha value is -2.04. The first kappa shape index (κ1) is 17.1. The minimum Gasteiger partial charge on any atom is -0.479 e. The molecule has 0 spiro atoms. The second-order valence-electron chi connectivity index (χ2n) is 9.26. The van der Waals surface area contributed by atoms with Crippen molar-refractivity contribution in [3.63, 3.8) is 0 Å². The Morgan fingerprint density at radius 1 is 1.19 bits per heavy atom. The Kier molecular flexibility index (Phi) is 3.95. The molecule has 1 aliphatic heterocycles. The summed E-state index contributed by atoms with van der Waals surface area (Å²) >= 11 is 0. The van der Waals surface area contributed by atoms with Crippen LogP contribution in [0.1, 0.15) is 51.9 Å². The minimum absolute atomic E-state index is 0.00969. The number of carbonyl (C=O) groups is 2. The highest BCUT2D eigenvalue weighted by molar-refractivity contribution is 5.98. The van der Waals surface area contributed by atoms with E-state index >= 15 is 0 Å². The molecule has 6 rings (SSSR count). The second-order valence-corrected chi connectivity index (χ2v) is 9.26. The molecule has 0 unspecified atom stereocenters. The number of benzene rings is 1. The zero-order chi connectivity index (χ0) is 18.6. The van der Waals surface area contributed by atoms with Gasteiger partial charge in [0.1, 0.15) is 11.5 Å². The number of amides is 1. The lowest BCUT2D eigenvalue weighted by Gasteiger charge is -2.56. The predicted molar refractivity (Wildman–Crippen MR) is 104 cm³/mol. The highest BCUT2D eigenvalue weighted by atomic mass is 16.5. The number of rotatable bonds is 5. The minimum atomic E-state index is -0.464. The van der Waals surface area contributed by atoms with Crippen LogP contribution in [0.25, 0.3) is 0 Å². The maximum Gasteiger partial charge on any atom is 0.265 e. The molecule has 5 nitrogen and oxygen atoms in total. The zero-order valence-corrected chi connectivity index (χ0v) is 15.9. The number of hydrogen-bond acceptors (Lipinski definition) is 4. The molecule has 1 atom stereocenters. The molecule has 4 aliphatic carbocycles. The van der Waals surface area contributed by atoms with Gasteiger partial charge >= 0.3 is 0 Å². The monoisotopic (exact) mass is 368 g/mol. The fraction of sp³-hybridized carbons (Fsp3) is 0.636. The van der Waals surface area contributed by atoms with Gasteiger partial charge in [-0.1, -0.05) is 0 Å². The Morgan fingerprint density at radius 2 is 1.85 bits per heavy atom. The summed E-state index contributed by atoms with van der Waals surface area (Å²) in [4.78, 5) is 24.9. The molecule has 4 bridgehead atoms. The van der Waals surface area contributed by atoms with Crippen molar-refractivity contribution >= 4 is 23.1 Å². The van der Waals surface area contributed by atoms with Crippen LogP contribution in [-0.2, 0) is 9.59 Å². The van der Waals surface area contributed by atoms with Crippen LogP contribution in [0.3, 0.4) is 0 Å². The van der Waals surface area contributed by atoms with E-state index in [-0.39, 0.29) is 11.3 Å². The van der Waals surface area contributed by atoms with E-state index < -0.39 is 6.10 Å². The lowest BCUT2D eigenvalue weighted by atomic mass is 9.48. The van der Waals surface area contributed by atoms with Gasteiger partial charge in [0.2, 0.25) is 0 Å². The number of ketones is 1. The van der Waals surface area contributed by atoms with Gasteiger partial charge in [-0.15, -0.1) is 0 Å². The van der Waals surface area contributed by atoms with E-state index in [1.165, 1.54) is 19.3 Å². The normalized spacial score (nSPS) is 36.0. The summed E-state index contributed by atoms with van der Waals surface area (Å²) < 4.78 is 5.59. The molecular formula is C22H28N2O3. The fourth-order valence-electron chi connectivity index (χ4n) is 6.36. The van der Waals surface area contributed by atoms with Gasteiger partial charge in [-0.25, -0.2) is 0 Å². The first-order valence-electron chi connectivity index (χ1n) is 10.4. The zero-order valence-electron chi connectivity index (χ0n) is 15.9. The van der Waals surface area contributed by atoms with Gasteiger partial charge in [-0.05, 0) is 81.4 Å². The molecule has 144 valence electrons. The summed E-state index contributed by atoms with van der Waals surface area (Å²) in [6, 6.07) is 5.70. The van der Waals surface area contributed by atoms with Crippen molar-refractivity contribution in [3.8, 4) is 5.75 Å². The van der Waals surface area contributed by atoms with E-state index in [1.54, 1.807) is 6.92 Å². The Balaban J connectivity index is 1.20. The number of Topliss-reactive ketones (excluding diaryl/α,β-unsaturated/α-hetero) is 1. The number of fused-ring (bicyclic) bond motifs is 1. The van der Waals surface area contributed by atoms with Crippen LogP contribution < -0.4 is 15.4 Å². The summed E-state index contributed by atoms with van der Waals surface area (Å²) in [7, 11) is 0. The van der Waals surface area contributed by atoms with Crippen LogP contribution in [0.4, 0.5) is 11.4 Å². The molecule has 27 heavy (non-hydrogen) atoms. The number of anilines is 2. The third-order valence-corrected chi connectivity index (χ3v) is 7.22. The van der Waals surface area contributed by atoms with E-state index in [1.807, 2.05) is 18.2 Å². The van der Waals surface area contributed by atoms with Gasteiger partial charge in [0.05, 0.1) is 5.69 Å². The van der Waals surface area contributed by atoms with Crippen LogP contribution in [0.2, 0.25) is 0 Å². The number of carbonyl (C=O) groups excluding carboxylic acids is 2. The number of hydrogen-bond donors (Lipinski definition) is 2.